The number of H-pyrrole nitrogens is 1. The Bertz CT molecular complexity index is 890. The molecular weight excluding hydrogens is 386 g/mol. The first-order chi connectivity index (χ1) is 12.8. The molecule has 1 aromatic carbocycles. The van der Waals surface area contributed by atoms with Crippen molar-refractivity contribution < 1.29 is 13.2 Å². The second-order valence-corrected chi connectivity index (χ2v) is 9.18. The van der Waals surface area contributed by atoms with Crippen molar-refractivity contribution >= 4 is 27.7 Å². The van der Waals surface area contributed by atoms with E-state index < -0.39 is 10.0 Å². The minimum absolute atomic E-state index is 0.0444. The summed E-state index contributed by atoms with van der Waals surface area (Å²) in [7, 11) is -3.72. The molecule has 1 atom stereocenters. The standard InChI is InChI=1S/C17H23N5O3S2/c1-11(12-6-8-14(9-7-12)27(18,24)25)19-15(23)10-26-17-20-16(21-22-17)13-4-2-3-5-13/h6-9,11,13H,2-5,10H2,1H3,(H,19,23)(H2,18,24,25)(H,20,21,22). The SMILES string of the molecule is CC(NC(=O)CSc1n[nH]c(C2CCCC2)n1)c1ccc(S(N)(=O)=O)cc1. The van der Waals surface area contributed by atoms with Gasteiger partial charge in [0.2, 0.25) is 21.1 Å². The number of hydrogen-bond acceptors (Lipinski definition) is 6. The Kier molecular flexibility index (Phi) is 6.18. The second kappa shape index (κ2) is 8.41. The van der Waals surface area contributed by atoms with Crippen molar-refractivity contribution in [2.45, 2.75) is 54.6 Å². The fraction of sp³-hybridized carbons (Fsp3) is 0.471. The molecule has 0 spiro atoms. The summed E-state index contributed by atoms with van der Waals surface area (Å²) < 4.78 is 22.6. The molecule has 1 aliphatic rings. The first-order valence-electron chi connectivity index (χ1n) is 8.80. The molecular formula is C17H23N5O3S2. The lowest BCUT2D eigenvalue weighted by Gasteiger charge is -2.14. The summed E-state index contributed by atoms with van der Waals surface area (Å²) >= 11 is 1.29. The van der Waals surface area contributed by atoms with Crippen LogP contribution >= 0.6 is 11.8 Å². The number of benzene rings is 1. The molecule has 146 valence electrons. The Morgan fingerprint density at radius 1 is 1.33 bits per heavy atom. The summed E-state index contributed by atoms with van der Waals surface area (Å²) in [5.74, 6) is 1.44. The van der Waals surface area contributed by atoms with Crippen molar-refractivity contribution in [3.8, 4) is 0 Å². The van der Waals surface area contributed by atoms with E-state index in [9.17, 15) is 13.2 Å². The van der Waals surface area contributed by atoms with Gasteiger partial charge in [0.1, 0.15) is 5.82 Å². The molecule has 10 heteroatoms. The maximum Gasteiger partial charge on any atom is 0.238 e. The number of thioether (sulfide) groups is 1. The third-order valence-electron chi connectivity index (χ3n) is 4.64. The summed E-state index contributed by atoms with van der Waals surface area (Å²) in [5.41, 5.74) is 0.794. The van der Waals surface area contributed by atoms with Crippen LogP contribution in [0, 0.1) is 0 Å². The molecule has 27 heavy (non-hydrogen) atoms. The minimum atomic E-state index is -3.72. The zero-order valence-electron chi connectivity index (χ0n) is 15.0. The Morgan fingerprint density at radius 2 is 2.00 bits per heavy atom. The van der Waals surface area contributed by atoms with Crippen LogP contribution in [0.5, 0.6) is 0 Å². The van der Waals surface area contributed by atoms with Crippen LogP contribution in [-0.2, 0) is 14.8 Å². The number of aromatic nitrogens is 3. The first-order valence-corrected chi connectivity index (χ1v) is 11.3. The highest BCUT2D eigenvalue weighted by Gasteiger charge is 2.21. The fourth-order valence-electron chi connectivity index (χ4n) is 3.15. The molecule has 1 saturated carbocycles. The average Bonchev–Trinajstić information content (AvgIpc) is 3.30. The van der Waals surface area contributed by atoms with Gasteiger partial charge >= 0.3 is 0 Å². The van der Waals surface area contributed by atoms with E-state index in [-0.39, 0.29) is 22.6 Å². The average molecular weight is 410 g/mol. The van der Waals surface area contributed by atoms with Crippen molar-refractivity contribution in [2.24, 2.45) is 5.14 Å². The molecule has 3 rings (SSSR count). The van der Waals surface area contributed by atoms with Gasteiger partial charge in [-0.15, -0.1) is 5.10 Å². The van der Waals surface area contributed by atoms with E-state index in [0.717, 1.165) is 24.2 Å². The molecule has 0 saturated heterocycles. The molecule has 8 nitrogen and oxygen atoms in total. The number of amides is 1. The van der Waals surface area contributed by atoms with E-state index in [1.165, 1.54) is 36.7 Å². The predicted molar refractivity (Wildman–Crippen MR) is 103 cm³/mol. The molecule has 1 unspecified atom stereocenters. The van der Waals surface area contributed by atoms with Crippen molar-refractivity contribution in [3.63, 3.8) is 0 Å². The van der Waals surface area contributed by atoms with Crippen molar-refractivity contribution in [1.29, 1.82) is 0 Å². The molecule has 1 aromatic heterocycles. The lowest BCUT2D eigenvalue weighted by molar-refractivity contribution is -0.119. The van der Waals surface area contributed by atoms with E-state index in [0.29, 0.717) is 11.1 Å². The first kappa shape index (κ1) is 19.8. The maximum absolute atomic E-state index is 12.2. The van der Waals surface area contributed by atoms with Crippen LogP contribution in [0.2, 0.25) is 0 Å². The molecule has 0 radical (unpaired) electrons. The Balaban J connectivity index is 1.50. The monoisotopic (exact) mass is 409 g/mol. The molecule has 1 amide bonds. The van der Waals surface area contributed by atoms with Gasteiger partial charge in [-0.3, -0.25) is 9.89 Å². The topological polar surface area (TPSA) is 131 Å². The number of nitrogens with two attached hydrogens (primary N) is 1. The number of carbonyl (C=O) groups excluding carboxylic acids is 1. The lowest BCUT2D eigenvalue weighted by Crippen LogP contribution is -2.28. The molecule has 1 aliphatic carbocycles. The summed E-state index contributed by atoms with van der Waals surface area (Å²) in [4.78, 5) is 16.7. The third-order valence-corrected chi connectivity index (χ3v) is 6.42. The number of rotatable bonds is 7. The highest BCUT2D eigenvalue weighted by Crippen LogP contribution is 2.32. The van der Waals surface area contributed by atoms with E-state index in [1.54, 1.807) is 12.1 Å². The lowest BCUT2D eigenvalue weighted by atomic mass is 10.1. The van der Waals surface area contributed by atoms with Gasteiger partial charge in [-0.2, -0.15) is 0 Å². The third kappa shape index (κ3) is 5.30. The summed E-state index contributed by atoms with van der Waals surface area (Å²) in [5, 5.41) is 15.7. The van der Waals surface area contributed by atoms with Crippen LogP contribution in [0.3, 0.4) is 0 Å². The number of hydrogen-bond donors (Lipinski definition) is 3. The summed E-state index contributed by atoms with van der Waals surface area (Å²) in [6, 6.07) is 5.89. The van der Waals surface area contributed by atoms with Crippen LogP contribution in [0.1, 0.15) is 56.0 Å². The minimum Gasteiger partial charge on any atom is -0.349 e. The zero-order chi connectivity index (χ0) is 19.4. The maximum atomic E-state index is 12.2. The van der Waals surface area contributed by atoms with Crippen molar-refractivity contribution in [2.75, 3.05) is 5.75 Å². The molecule has 2 aromatic rings. The largest absolute Gasteiger partial charge is 0.349 e. The molecule has 1 heterocycles. The van der Waals surface area contributed by atoms with Crippen molar-refractivity contribution in [1.82, 2.24) is 20.5 Å². The van der Waals surface area contributed by atoms with Gasteiger partial charge in [0, 0.05) is 5.92 Å². The molecule has 1 fully saturated rings. The second-order valence-electron chi connectivity index (χ2n) is 6.68. The number of nitrogens with one attached hydrogen (secondary N) is 2. The van der Waals surface area contributed by atoms with E-state index in [4.69, 9.17) is 5.14 Å². The number of primary sulfonamides is 1. The Morgan fingerprint density at radius 3 is 2.63 bits per heavy atom. The summed E-state index contributed by atoms with van der Waals surface area (Å²) in [6.07, 6.45) is 4.74. The summed E-state index contributed by atoms with van der Waals surface area (Å²) in [6.45, 7) is 1.83. The van der Waals surface area contributed by atoms with Gasteiger partial charge in [0.25, 0.3) is 0 Å². The number of nitrogens with zero attached hydrogens (tertiary/aromatic N) is 2. The van der Waals surface area contributed by atoms with Gasteiger partial charge in [0.15, 0.2) is 0 Å². The van der Waals surface area contributed by atoms with E-state index >= 15 is 0 Å². The van der Waals surface area contributed by atoms with Crippen LogP contribution in [0.4, 0.5) is 0 Å². The highest BCUT2D eigenvalue weighted by molar-refractivity contribution is 7.99. The quantitative estimate of drug-likeness (QED) is 0.600. The number of carbonyl (C=O) groups is 1. The van der Waals surface area contributed by atoms with Gasteiger partial charge in [-0.25, -0.2) is 18.5 Å². The van der Waals surface area contributed by atoms with Crippen molar-refractivity contribution in [3.05, 3.63) is 35.7 Å². The highest BCUT2D eigenvalue weighted by atomic mass is 32.2. The number of sulfonamides is 1. The number of aromatic amines is 1. The van der Waals surface area contributed by atoms with Gasteiger partial charge in [0.05, 0.1) is 16.7 Å². The zero-order valence-corrected chi connectivity index (χ0v) is 16.6. The van der Waals surface area contributed by atoms with Crippen LogP contribution < -0.4 is 10.5 Å². The van der Waals surface area contributed by atoms with Crippen LogP contribution in [0.15, 0.2) is 34.3 Å². The van der Waals surface area contributed by atoms with Gasteiger partial charge in [-0.1, -0.05) is 36.7 Å². The smallest absolute Gasteiger partial charge is 0.238 e. The van der Waals surface area contributed by atoms with Gasteiger partial charge < -0.3 is 5.32 Å². The van der Waals surface area contributed by atoms with Gasteiger partial charge in [-0.05, 0) is 37.5 Å². The predicted octanol–water partition coefficient (Wildman–Crippen LogP) is 2.08. The molecule has 0 aliphatic heterocycles. The molecule has 0 bridgehead atoms. The Hall–Kier alpha value is -1.91. The molecule has 4 N–H and O–H groups in total. The fourth-order valence-corrected chi connectivity index (χ4v) is 4.28. The van der Waals surface area contributed by atoms with Crippen LogP contribution in [0.25, 0.3) is 0 Å². The van der Waals surface area contributed by atoms with Crippen LogP contribution in [-0.4, -0.2) is 35.3 Å². The Labute approximate surface area is 162 Å². The normalized spacial score (nSPS) is 16.4. The van der Waals surface area contributed by atoms with E-state index in [1.807, 2.05) is 6.92 Å². The van der Waals surface area contributed by atoms with E-state index in [2.05, 4.69) is 20.5 Å².